The van der Waals surface area contributed by atoms with Gasteiger partial charge in [0.05, 0.1) is 11.4 Å². The van der Waals surface area contributed by atoms with Crippen molar-refractivity contribution in [2.24, 2.45) is 7.05 Å². The zero-order valence-corrected chi connectivity index (χ0v) is 11.3. The van der Waals surface area contributed by atoms with E-state index in [1.165, 1.54) is 11.8 Å². The predicted molar refractivity (Wildman–Crippen MR) is 68.4 cm³/mol. The van der Waals surface area contributed by atoms with Crippen molar-refractivity contribution >= 4 is 33.4 Å². The molecule has 0 aromatic carbocycles. The zero-order chi connectivity index (χ0) is 11.7. The van der Waals surface area contributed by atoms with Crippen LogP contribution in [0.25, 0.3) is 0 Å². The Balaban J connectivity index is 2.30. The van der Waals surface area contributed by atoms with Gasteiger partial charge in [-0.2, -0.15) is 5.10 Å². The number of aromatic nitrogens is 3. The molecule has 2 aromatic heterocycles. The van der Waals surface area contributed by atoms with E-state index in [0.717, 1.165) is 20.2 Å². The number of hydrogen-bond acceptors (Lipinski definition) is 4. The molecule has 0 unspecified atom stereocenters. The number of halogens is 1. The summed E-state index contributed by atoms with van der Waals surface area (Å²) in [7, 11) is 1.91. The van der Waals surface area contributed by atoms with Crippen molar-refractivity contribution in [1.29, 1.82) is 0 Å². The van der Waals surface area contributed by atoms with Gasteiger partial charge in [0.2, 0.25) is 0 Å². The third-order valence-electron chi connectivity index (χ3n) is 2.01. The van der Waals surface area contributed by atoms with Crippen LogP contribution in [0, 0.1) is 6.92 Å². The van der Waals surface area contributed by atoms with E-state index < -0.39 is 0 Å². The Labute approximate surface area is 106 Å². The Morgan fingerprint density at radius 1 is 1.44 bits per heavy atom. The first-order valence-corrected chi connectivity index (χ1v) is 6.27. The van der Waals surface area contributed by atoms with Crippen LogP contribution in [0.15, 0.2) is 32.9 Å². The number of aryl methyl sites for hydroxylation is 2. The average Bonchev–Trinajstić information content (AvgIpc) is 2.50. The molecule has 16 heavy (non-hydrogen) atoms. The van der Waals surface area contributed by atoms with Crippen molar-refractivity contribution in [3.63, 3.8) is 0 Å². The molecular weight excluding hydrogens is 288 g/mol. The number of nitrogens with two attached hydrogens (primary N) is 1. The van der Waals surface area contributed by atoms with Gasteiger partial charge in [-0.15, -0.1) is 0 Å². The molecule has 0 bridgehead atoms. The van der Waals surface area contributed by atoms with Crippen molar-refractivity contribution < 1.29 is 0 Å². The SMILES string of the molecule is Cc1cc(Sc2ncc(Br)cc2N)n(C)n1. The van der Waals surface area contributed by atoms with Crippen molar-refractivity contribution in [3.8, 4) is 0 Å². The second-order valence-corrected chi connectivity index (χ2v) is 5.32. The van der Waals surface area contributed by atoms with E-state index >= 15 is 0 Å². The Bertz CT molecular complexity index is 524. The van der Waals surface area contributed by atoms with Crippen LogP contribution < -0.4 is 5.73 Å². The smallest absolute Gasteiger partial charge is 0.125 e. The summed E-state index contributed by atoms with van der Waals surface area (Å²) in [5.74, 6) is 0. The lowest BCUT2D eigenvalue weighted by atomic mass is 10.4. The van der Waals surface area contributed by atoms with Gasteiger partial charge in [-0.05, 0) is 46.7 Å². The molecule has 0 saturated carbocycles. The minimum absolute atomic E-state index is 0.665. The van der Waals surface area contributed by atoms with Gasteiger partial charge in [-0.3, -0.25) is 4.68 Å². The van der Waals surface area contributed by atoms with Gasteiger partial charge in [-0.1, -0.05) is 0 Å². The summed E-state index contributed by atoms with van der Waals surface area (Å²) in [6, 6.07) is 3.85. The number of anilines is 1. The first-order chi connectivity index (χ1) is 7.56. The van der Waals surface area contributed by atoms with E-state index in [1.54, 1.807) is 6.20 Å². The molecule has 84 valence electrons. The van der Waals surface area contributed by atoms with Gasteiger partial charge in [0.25, 0.3) is 0 Å². The van der Waals surface area contributed by atoms with Gasteiger partial charge in [0.15, 0.2) is 0 Å². The topological polar surface area (TPSA) is 56.7 Å². The number of hydrogen-bond donors (Lipinski definition) is 1. The number of pyridine rings is 1. The third kappa shape index (κ3) is 2.38. The summed E-state index contributed by atoms with van der Waals surface area (Å²) in [4.78, 5) is 4.27. The Kier molecular flexibility index (Phi) is 3.20. The van der Waals surface area contributed by atoms with Crippen LogP contribution in [0.4, 0.5) is 5.69 Å². The maximum atomic E-state index is 5.88. The minimum atomic E-state index is 0.665. The minimum Gasteiger partial charge on any atom is -0.397 e. The van der Waals surface area contributed by atoms with Crippen LogP contribution in [0.5, 0.6) is 0 Å². The van der Waals surface area contributed by atoms with Crippen LogP contribution in [0.3, 0.4) is 0 Å². The van der Waals surface area contributed by atoms with E-state index in [9.17, 15) is 0 Å². The molecule has 0 saturated heterocycles. The fraction of sp³-hybridized carbons (Fsp3) is 0.200. The molecule has 2 N–H and O–H groups in total. The fourth-order valence-electron chi connectivity index (χ4n) is 1.31. The van der Waals surface area contributed by atoms with E-state index in [2.05, 4.69) is 26.0 Å². The summed E-state index contributed by atoms with van der Waals surface area (Å²) >= 11 is 4.84. The van der Waals surface area contributed by atoms with Crippen LogP contribution in [0.2, 0.25) is 0 Å². The number of nitrogens with zero attached hydrogens (tertiary/aromatic N) is 3. The van der Waals surface area contributed by atoms with Gasteiger partial charge in [-0.25, -0.2) is 4.98 Å². The molecule has 0 spiro atoms. The first kappa shape index (κ1) is 11.5. The highest BCUT2D eigenvalue weighted by atomic mass is 79.9. The number of nitrogen functional groups attached to an aromatic ring is 1. The Morgan fingerprint density at radius 3 is 2.75 bits per heavy atom. The Hall–Kier alpha value is -1.01. The quantitative estimate of drug-likeness (QED) is 0.926. The lowest BCUT2D eigenvalue weighted by molar-refractivity contribution is 0.692. The highest BCUT2D eigenvalue weighted by Crippen LogP contribution is 2.31. The largest absolute Gasteiger partial charge is 0.397 e. The molecular formula is C10H11BrN4S. The molecule has 0 aliphatic carbocycles. The van der Waals surface area contributed by atoms with E-state index in [1.807, 2.05) is 30.8 Å². The summed E-state index contributed by atoms with van der Waals surface area (Å²) in [5.41, 5.74) is 7.53. The molecule has 0 amide bonds. The van der Waals surface area contributed by atoms with Gasteiger partial charge < -0.3 is 5.73 Å². The fourth-order valence-corrected chi connectivity index (χ4v) is 2.54. The van der Waals surface area contributed by atoms with Crippen LogP contribution in [-0.2, 0) is 7.05 Å². The van der Waals surface area contributed by atoms with Crippen molar-refractivity contribution in [2.45, 2.75) is 17.0 Å². The van der Waals surface area contributed by atoms with Gasteiger partial charge in [0.1, 0.15) is 10.1 Å². The molecule has 0 aliphatic heterocycles. The van der Waals surface area contributed by atoms with Gasteiger partial charge in [0, 0.05) is 17.7 Å². The summed E-state index contributed by atoms with van der Waals surface area (Å²) in [6.45, 7) is 1.96. The normalized spacial score (nSPS) is 10.7. The molecule has 0 aliphatic rings. The lowest BCUT2D eigenvalue weighted by Gasteiger charge is -2.04. The van der Waals surface area contributed by atoms with Gasteiger partial charge >= 0.3 is 0 Å². The molecule has 0 radical (unpaired) electrons. The predicted octanol–water partition coefficient (Wildman–Crippen LogP) is 2.62. The monoisotopic (exact) mass is 298 g/mol. The standard InChI is InChI=1S/C10H11BrN4S/c1-6-3-9(15(2)14-6)16-10-8(12)4-7(11)5-13-10/h3-5H,12H2,1-2H3. The van der Waals surface area contributed by atoms with E-state index in [-0.39, 0.29) is 0 Å². The number of rotatable bonds is 2. The lowest BCUT2D eigenvalue weighted by Crippen LogP contribution is -1.95. The molecule has 0 fully saturated rings. The highest BCUT2D eigenvalue weighted by molar-refractivity contribution is 9.10. The molecule has 4 nitrogen and oxygen atoms in total. The highest BCUT2D eigenvalue weighted by Gasteiger charge is 2.08. The molecule has 6 heteroatoms. The van der Waals surface area contributed by atoms with Crippen molar-refractivity contribution in [3.05, 3.63) is 28.5 Å². The average molecular weight is 299 g/mol. The second kappa shape index (κ2) is 4.47. The maximum absolute atomic E-state index is 5.88. The third-order valence-corrected chi connectivity index (χ3v) is 3.57. The molecule has 2 rings (SSSR count). The summed E-state index contributed by atoms with van der Waals surface area (Å²) in [6.07, 6.45) is 1.74. The van der Waals surface area contributed by atoms with E-state index in [4.69, 9.17) is 5.73 Å². The van der Waals surface area contributed by atoms with Crippen molar-refractivity contribution in [1.82, 2.24) is 14.8 Å². The molecule has 0 atom stereocenters. The molecule has 2 aromatic rings. The van der Waals surface area contributed by atoms with E-state index in [0.29, 0.717) is 5.69 Å². The van der Waals surface area contributed by atoms with Crippen LogP contribution >= 0.6 is 27.7 Å². The Morgan fingerprint density at radius 2 is 2.19 bits per heavy atom. The van der Waals surface area contributed by atoms with Crippen LogP contribution in [0.1, 0.15) is 5.69 Å². The maximum Gasteiger partial charge on any atom is 0.125 e. The summed E-state index contributed by atoms with van der Waals surface area (Å²) < 4.78 is 2.71. The second-order valence-electron chi connectivity index (χ2n) is 3.40. The van der Waals surface area contributed by atoms with Crippen molar-refractivity contribution in [2.75, 3.05) is 5.73 Å². The molecule has 2 heterocycles. The van der Waals surface area contributed by atoms with Crippen LogP contribution in [-0.4, -0.2) is 14.8 Å². The first-order valence-electron chi connectivity index (χ1n) is 4.66. The zero-order valence-electron chi connectivity index (χ0n) is 8.94. The summed E-state index contributed by atoms with van der Waals surface area (Å²) in [5, 5.41) is 6.10.